The zero-order valence-electron chi connectivity index (χ0n) is 10.5. The van der Waals surface area contributed by atoms with Crippen molar-refractivity contribution >= 4 is 8.32 Å². The summed E-state index contributed by atoms with van der Waals surface area (Å²) in [5, 5.41) is 9.14. The standard InChI is InChI=1S/C11H21NO2Si/c1-10(2)7-9(8-12)11(3,13-10)14-15(4,5)6/h9H,7H2,1-6H3. The van der Waals surface area contributed by atoms with Crippen LogP contribution in [0.2, 0.25) is 19.6 Å². The number of nitrogens with zero attached hydrogens (tertiary/aromatic N) is 1. The van der Waals surface area contributed by atoms with E-state index < -0.39 is 14.1 Å². The largest absolute Gasteiger partial charge is 0.390 e. The fourth-order valence-electron chi connectivity index (χ4n) is 2.20. The maximum absolute atomic E-state index is 9.14. The number of nitriles is 1. The van der Waals surface area contributed by atoms with E-state index in [1.165, 1.54) is 0 Å². The predicted octanol–water partition coefficient (Wildman–Crippen LogP) is 2.89. The molecule has 0 aromatic carbocycles. The van der Waals surface area contributed by atoms with Crippen molar-refractivity contribution in [2.45, 2.75) is 58.2 Å². The SMILES string of the molecule is CC1(C)CC(C#N)C(C)(O[Si](C)(C)C)O1. The molecule has 1 heterocycles. The van der Waals surface area contributed by atoms with E-state index in [1.807, 2.05) is 20.8 Å². The van der Waals surface area contributed by atoms with Crippen molar-refractivity contribution in [2.75, 3.05) is 0 Å². The highest BCUT2D eigenvalue weighted by atomic mass is 28.4. The maximum atomic E-state index is 9.14. The molecule has 0 amide bonds. The van der Waals surface area contributed by atoms with Gasteiger partial charge in [-0.05, 0) is 46.8 Å². The summed E-state index contributed by atoms with van der Waals surface area (Å²) < 4.78 is 11.9. The van der Waals surface area contributed by atoms with Crippen molar-refractivity contribution in [3.63, 3.8) is 0 Å². The molecule has 15 heavy (non-hydrogen) atoms. The Kier molecular flexibility index (Phi) is 3.03. The van der Waals surface area contributed by atoms with Gasteiger partial charge in [0.2, 0.25) is 0 Å². The van der Waals surface area contributed by atoms with Gasteiger partial charge in [0, 0.05) is 0 Å². The van der Waals surface area contributed by atoms with Gasteiger partial charge in [-0.3, -0.25) is 0 Å². The van der Waals surface area contributed by atoms with Crippen molar-refractivity contribution in [1.29, 1.82) is 5.26 Å². The van der Waals surface area contributed by atoms with E-state index in [1.54, 1.807) is 0 Å². The topological polar surface area (TPSA) is 42.2 Å². The van der Waals surface area contributed by atoms with Crippen molar-refractivity contribution in [3.05, 3.63) is 0 Å². The van der Waals surface area contributed by atoms with E-state index in [4.69, 9.17) is 14.4 Å². The number of ether oxygens (including phenoxy) is 1. The molecule has 2 atom stereocenters. The van der Waals surface area contributed by atoms with Crippen LogP contribution in [0.3, 0.4) is 0 Å². The molecule has 0 N–H and O–H groups in total. The second-order valence-corrected chi connectivity index (χ2v) is 10.4. The Labute approximate surface area is 93.5 Å². The van der Waals surface area contributed by atoms with Crippen LogP contribution in [-0.2, 0) is 9.16 Å². The van der Waals surface area contributed by atoms with E-state index in [-0.39, 0.29) is 11.5 Å². The zero-order valence-corrected chi connectivity index (χ0v) is 11.5. The van der Waals surface area contributed by atoms with Gasteiger partial charge in [0.15, 0.2) is 14.1 Å². The summed E-state index contributed by atoms with van der Waals surface area (Å²) >= 11 is 0. The molecule has 1 saturated heterocycles. The molecule has 3 nitrogen and oxygen atoms in total. The summed E-state index contributed by atoms with van der Waals surface area (Å²) in [6.45, 7) is 12.3. The van der Waals surface area contributed by atoms with Crippen molar-refractivity contribution in [1.82, 2.24) is 0 Å². The second kappa shape index (κ2) is 3.58. The molecule has 1 rings (SSSR count). The summed E-state index contributed by atoms with van der Waals surface area (Å²) in [6.07, 6.45) is 0.741. The Hall–Kier alpha value is -0.373. The highest BCUT2D eigenvalue weighted by Gasteiger charge is 2.51. The molecular formula is C11H21NO2Si. The molecule has 0 aliphatic carbocycles. The van der Waals surface area contributed by atoms with Crippen LogP contribution in [0.5, 0.6) is 0 Å². The van der Waals surface area contributed by atoms with E-state index in [0.29, 0.717) is 0 Å². The molecule has 1 aliphatic heterocycles. The minimum Gasteiger partial charge on any atom is -0.390 e. The molecule has 1 fully saturated rings. The minimum atomic E-state index is -1.69. The van der Waals surface area contributed by atoms with Crippen molar-refractivity contribution in [3.8, 4) is 6.07 Å². The van der Waals surface area contributed by atoms with E-state index >= 15 is 0 Å². The third kappa shape index (κ3) is 3.04. The smallest absolute Gasteiger partial charge is 0.187 e. The lowest BCUT2D eigenvalue weighted by molar-refractivity contribution is -0.199. The van der Waals surface area contributed by atoms with Crippen LogP contribution in [-0.4, -0.2) is 19.7 Å². The molecule has 4 heteroatoms. The average molecular weight is 227 g/mol. The summed E-state index contributed by atoms with van der Waals surface area (Å²) in [6, 6.07) is 2.30. The monoisotopic (exact) mass is 227 g/mol. The molecule has 86 valence electrons. The first-order valence-electron chi connectivity index (χ1n) is 5.38. The van der Waals surface area contributed by atoms with Crippen LogP contribution in [0.4, 0.5) is 0 Å². The van der Waals surface area contributed by atoms with Crippen molar-refractivity contribution < 1.29 is 9.16 Å². The van der Waals surface area contributed by atoms with Gasteiger partial charge < -0.3 is 9.16 Å². The third-order valence-electron chi connectivity index (χ3n) is 2.47. The van der Waals surface area contributed by atoms with Crippen molar-refractivity contribution in [2.24, 2.45) is 5.92 Å². The van der Waals surface area contributed by atoms with Gasteiger partial charge in [0.1, 0.15) is 5.92 Å². The van der Waals surface area contributed by atoms with Gasteiger partial charge >= 0.3 is 0 Å². The Morgan fingerprint density at radius 2 is 1.87 bits per heavy atom. The lowest BCUT2D eigenvalue weighted by Crippen LogP contribution is -2.44. The fourth-order valence-corrected chi connectivity index (χ4v) is 3.60. The average Bonchev–Trinajstić information content (AvgIpc) is 2.15. The summed E-state index contributed by atoms with van der Waals surface area (Å²) in [5.74, 6) is -0.887. The molecule has 0 radical (unpaired) electrons. The number of hydrogen-bond donors (Lipinski definition) is 0. The Morgan fingerprint density at radius 3 is 2.27 bits per heavy atom. The Balaban J connectivity index is 2.88. The normalized spacial score (nSPS) is 35.1. The molecule has 0 aromatic rings. The summed E-state index contributed by atoms with van der Waals surface area (Å²) in [4.78, 5) is 0. The number of rotatable bonds is 2. The first-order chi connectivity index (χ1) is 6.58. The Morgan fingerprint density at radius 1 is 1.33 bits per heavy atom. The van der Waals surface area contributed by atoms with Crippen LogP contribution in [0.1, 0.15) is 27.2 Å². The van der Waals surface area contributed by atoms with E-state index in [0.717, 1.165) is 6.42 Å². The molecule has 1 aliphatic rings. The van der Waals surface area contributed by atoms with Gasteiger partial charge in [-0.15, -0.1) is 0 Å². The van der Waals surface area contributed by atoms with Gasteiger partial charge in [-0.2, -0.15) is 5.26 Å². The van der Waals surface area contributed by atoms with Crippen LogP contribution in [0, 0.1) is 17.2 Å². The Bertz CT molecular complexity index is 290. The second-order valence-electron chi connectivity index (χ2n) is 5.98. The predicted molar refractivity (Wildman–Crippen MR) is 61.7 cm³/mol. The van der Waals surface area contributed by atoms with Crippen LogP contribution < -0.4 is 0 Å². The molecule has 0 spiro atoms. The van der Waals surface area contributed by atoms with Crippen LogP contribution >= 0.6 is 0 Å². The van der Waals surface area contributed by atoms with Gasteiger partial charge in [0.05, 0.1) is 11.7 Å². The van der Waals surface area contributed by atoms with Crippen LogP contribution in [0.25, 0.3) is 0 Å². The molecule has 0 aromatic heterocycles. The number of hydrogen-bond acceptors (Lipinski definition) is 3. The molecule has 2 unspecified atom stereocenters. The highest BCUT2D eigenvalue weighted by Crippen LogP contribution is 2.43. The first-order valence-corrected chi connectivity index (χ1v) is 8.79. The molecular weight excluding hydrogens is 206 g/mol. The van der Waals surface area contributed by atoms with E-state index in [2.05, 4.69) is 25.7 Å². The third-order valence-corrected chi connectivity index (χ3v) is 3.49. The molecule has 0 bridgehead atoms. The summed E-state index contributed by atoms with van der Waals surface area (Å²) in [5.41, 5.74) is -0.255. The quantitative estimate of drug-likeness (QED) is 0.681. The van der Waals surface area contributed by atoms with Crippen LogP contribution in [0.15, 0.2) is 0 Å². The summed E-state index contributed by atoms with van der Waals surface area (Å²) in [7, 11) is -1.69. The lowest BCUT2D eigenvalue weighted by Gasteiger charge is -2.35. The minimum absolute atomic E-state index is 0.167. The lowest BCUT2D eigenvalue weighted by atomic mass is 9.94. The first kappa shape index (κ1) is 12.7. The van der Waals surface area contributed by atoms with Gasteiger partial charge in [-0.1, -0.05) is 0 Å². The zero-order chi connectivity index (χ0) is 11.9. The molecule has 0 saturated carbocycles. The van der Waals surface area contributed by atoms with Gasteiger partial charge in [0.25, 0.3) is 0 Å². The van der Waals surface area contributed by atoms with E-state index in [9.17, 15) is 0 Å². The fraction of sp³-hybridized carbons (Fsp3) is 0.909. The highest BCUT2D eigenvalue weighted by molar-refractivity contribution is 6.69. The maximum Gasteiger partial charge on any atom is 0.187 e. The van der Waals surface area contributed by atoms with Gasteiger partial charge in [-0.25, -0.2) is 0 Å².